The van der Waals surface area contributed by atoms with Crippen molar-refractivity contribution in [2.24, 2.45) is 0 Å². The molecule has 34 heavy (non-hydrogen) atoms. The van der Waals surface area contributed by atoms with E-state index in [0.29, 0.717) is 24.2 Å². The first-order valence-electron chi connectivity index (χ1n) is 11.6. The number of fused-ring (bicyclic) bond motifs is 1. The second-order valence-electron chi connectivity index (χ2n) is 8.60. The van der Waals surface area contributed by atoms with Crippen molar-refractivity contribution in [3.8, 4) is 10.4 Å². The Balaban J connectivity index is 1.10. The number of nitrogens with zero attached hydrogens (tertiary/aromatic N) is 4. The average molecular weight is 473 g/mol. The summed E-state index contributed by atoms with van der Waals surface area (Å²) in [5.74, 6) is -0.0865. The summed E-state index contributed by atoms with van der Waals surface area (Å²) in [4.78, 5) is 16.1. The molecule has 0 radical (unpaired) electrons. The van der Waals surface area contributed by atoms with Gasteiger partial charge in [-0.1, -0.05) is 41.6 Å². The van der Waals surface area contributed by atoms with Crippen LogP contribution in [0.1, 0.15) is 23.2 Å². The summed E-state index contributed by atoms with van der Waals surface area (Å²) in [7, 11) is 0. The zero-order valence-electron chi connectivity index (χ0n) is 19.0. The molecule has 174 valence electrons. The number of carbonyl (C=O) groups excluding carboxylic acids is 1. The Bertz CT molecular complexity index is 1270. The Labute approximate surface area is 203 Å². The lowest BCUT2D eigenvalue weighted by molar-refractivity contribution is -0.116. The lowest BCUT2D eigenvalue weighted by Crippen LogP contribution is -2.33. The highest BCUT2D eigenvalue weighted by Crippen LogP contribution is 2.30. The number of thiophene rings is 1. The summed E-state index contributed by atoms with van der Waals surface area (Å²) in [6.45, 7) is 3.76. The van der Waals surface area contributed by atoms with Crippen molar-refractivity contribution in [3.05, 3.63) is 83.0 Å². The van der Waals surface area contributed by atoms with Crippen LogP contribution in [0.3, 0.4) is 0 Å². The van der Waals surface area contributed by atoms with E-state index in [9.17, 15) is 4.79 Å². The highest BCUT2D eigenvalue weighted by atomic mass is 32.1. The summed E-state index contributed by atoms with van der Waals surface area (Å²) >= 11 is 1.66. The number of hydrogen-bond acceptors (Lipinski definition) is 6. The van der Waals surface area contributed by atoms with Gasteiger partial charge in [0.25, 0.3) is 0 Å². The molecule has 1 aliphatic heterocycles. The summed E-state index contributed by atoms with van der Waals surface area (Å²) in [5.41, 5.74) is 12.0. The van der Waals surface area contributed by atoms with Crippen LogP contribution in [0.25, 0.3) is 10.4 Å². The molecule has 0 bridgehead atoms. The van der Waals surface area contributed by atoms with E-state index in [1.54, 1.807) is 11.3 Å². The fraction of sp³-hybridized carbons (Fsp3) is 0.269. The number of nitrogen functional groups attached to an aromatic ring is 1. The molecule has 0 spiro atoms. The van der Waals surface area contributed by atoms with Gasteiger partial charge in [-0.3, -0.25) is 14.4 Å². The standard InChI is InChI=1S/C26H28N6OS/c27-23-9-7-20(25-6-3-15-34-25)16-24(23)28-26(33)10-8-22-18-32(30-29-22)14-13-31-12-11-19-4-1-2-5-21(19)17-31/h1-7,9,15-16,18H,8,10-14,17,27H2,(H,28,33). The fourth-order valence-electron chi connectivity index (χ4n) is 4.27. The fourth-order valence-corrected chi connectivity index (χ4v) is 4.99. The van der Waals surface area contributed by atoms with E-state index in [-0.39, 0.29) is 5.91 Å². The number of carbonyl (C=O) groups is 1. The number of benzene rings is 2. The number of rotatable bonds is 8. The van der Waals surface area contributed by atoms with E-state index in [4.69, 9.17) is 5.73 Å². The third kappa shape index (κ3) is 5.35. The normalized spacial score (nSPS) is 13.5. The molecule has 1 aliphatic rings. The molecule has 2 aromatic carbocycles. The molecular formula is C26H28N6OS. The zero-order chi connectivity index (χ0) is 23.3. The van der Waals surface area contributed by atoms with Crippen LogP contribution >= 0.6 is 11.3 Å². The van der Waals surface area contributed by atoms with E-state index in [0.717, 1.165) is 48.7 Å². The van der Waals surface area contributed by atoms with Crippen LogP contribution in [0.5, 0.6) is 0 Å². The first-order chi connectivity index (χ1) is 16.6. The molecule has 3 heterocycles. The van der Waals surface area contributed by atoms with E-state index in [1.165, 1.54) is 11.1 Å². The third-order valence-corrected chi connectivity index (χ3v) is 7.10. The SMILES string of the molecule is Nc1ccc(-c2cccs2)cc1NC(=O)CCc1cn(CCN2CCc3ccccc3C2)nn1. The minimum Gasteiger partial charge on any atom is -0.397 e. The molecular weight excluding hydrogens is 444 g/mol. The molecule has 3 N–H and O–H groups in total. The second-order valence-corrected chi connectivity index (χ2v) is 9.54. The minimum atomic E-state index is -0.0865. The number of nitrogens with two attached hydrogens (primary N) is 1. The van der Waals surface area contributed by atoms with Gasteiger partial charge in [0.15, 0.2) is 0 Å². The highest BCUT2D eigenvalue weighted by Gasteiger charge is 2.16. The van der Waals surface area contributed by atoms with E-state index < -0.39 is 0 Å². The maximum Gasteiger partial charge on any atom is 0.224 e. The van der Waals surface area contributed by atoms with Gasteiger partial charge in [0, 0.05) is 43.5 Å². The van der Waals surface area contributed by atoms with Crippen molar-refractivity contribution in [1.29, 1.82) is 0 Å². The molecule has 1 amide bonds. The Morgan fingerprint density at radius 1 is 1.09 bits per heavy atom. The van der Waals surface area contributed by atoms with Gasteiger partial charge in [0.2, 0.25) is 5.91 Å². The minimum absolute atomic E-state index is 0.0865. The summed E-state index contributed by atoms with van der Waals surface area (Å²) in [6.07, 6.45) is 3.89. The predicted octanol–water partition coefficient (Wildman–Crippen LogP) is 4.22. The molecule has 5 rings (SSSR count). The molecule has 0 unspecified atom stereocenters. The number of aromatic nitrogens is 3. The monoisotopic (exact) mass is 472 g/mol. The number of nitrogens with one attached hydrogen (secondary N) is 1. The van der Waals surface area contributed by atoms with Gasteiger partial charge >= 0.3 is 0 Å². The van der Waals surface area contributed by atoms with Gasteiger partial charge in [-0.2, -0.15) is 0 Å². The van der Waals surface area contributed by atoms with E-state index >= 15 is 0 Å². The van der Waals surface area contributed by atoms with Gasteiger partial charge in [0.1, 0.15) is 0 Å². The zero-order valence-corrected chi connectivity index (χ0v) is 19.8. The van der Waals surface area contributed by atoms with Crippen LogP contribution in [0.4, 0.5) is 11.4 Å². The van der Waals surface area contributed by atoms with Crippen molar-refractivity contribution in [2.45, 2.75) is 32.4 Å². The van der Waals surface area contributed by atoms with E-state index in [1.807, 2.05) is 40.5 Å². The van der Waals surface area contributed by atoms with Crippen LogP contribution in [0.15, 0.2) is 66.2 Å². The van der Waals surface area contributed by atoms with Crippen LogP contribution in [0.2, 0.25) is 0 Å². The molecule has 4 aromatic rings. The molecule has 0 aliphatic carbocycles. The smallest absolute Gasteiger partial charge is 0.224 e. The van der Waals surface area contributed by atoms with Gasteiger partial charge in [0.05, 0.1) is 23.6 Å². The van der Waals surface area contributed by atoms with Gasteiger partial charge in [-0.15, -0.1) is 16.4 Å². The molecule has 2 aromatic heterocycles. The lowest BCUT2D eigenvalue weighted by atomic mass is 10.00. The quantitative estimate of drug-likeness (QED) is 0.375. The number of hydrogen-bond donors (Lipinski definition) is 2. The Hall–Kier alpha value is -3.49. The van der Waals surface area contributed by atoms with Gasteiger partial charge < -0.3 is 11.1 Å². The van der Waals surface area contributed by atoms with Crippen LogP contribution in [-0.2, 0) is 30.7 Å². The first kappa shape index (κ1) is 22.3. The largest absolute Gasteiger partial charge is 0.397 e. The van der Waals surface area contributed by atoms with Crippen molar-refractivity contribution < 1.29 is 4.79 Å². The average Bonchev–Trinajstić information content (AvgIpc) is 3.55. The molecule has 0 saturated carbocycles. The Morgan fingerprint density at radius 2 is 1.97 bits per heavy atom. The Kier molecular flexibility index (Phi) is 6.69. The maximum atomic E-state index is 12.5. The maximum absolute atomic E-state index is 12.5. The summed E-state index contributed by atoms with van der Waals surface area (Å²) < 4.78 is 1.87. The van der Waals surface area contributed by atoms with E-state index in [2.05, 4.69) is 50.9 Å². The topological polar surface area (TPSA) is 89.1 Å². The van der Waals surface area contributed by atoms with Crippen molar-refractivity contribution >= 4 is 28.6 Å². The van der Waals surface area contributed by atoms with Crippen molar-refractivity contribution in [3.63, 3.8) is 0 Å². The molecule has 0 atom stereocenters. The van der Waals surface area contributed by atoms with Gasteiger partial charge in [-0.05, 0) is 46.7 Å². The molecule has 8 heteroatoms. The predicted molar refractivity (Wildman–Crippen MR) is 137 cm³/mol. The molecule has 7 nitrogen and oxygen atoms in total. The second kappa shape index (κ2) is 10.2. The molecule has 0 saturated heterocycles. The summed E-state index contributed by atoms with van der Waals surface area (Å²) in [5, 5.41) is 13.5. The summed E-state index contributed by atoms with van der Waals surface area (Å²) in [6, 6.07) is 18.4. The van der Waals surface area contributed by atoms with Crippen LogP contribution < -0.4 is 11.1 Å². The van der Waals surface area contributed by atoms with Crippen LogP contribution in [-0.4, -0.2) is 38.9 Å². The van der Waals surface area contributed by atoms with Crippen LogP contribution in [0, 0.1) is 0 Å². The van der Waals surface area contributed by atoms with Crippen molar-refractivity contribution in [2.75, 3.05) is 24.1 Å². The number of amides is 1. The Morgan fingerprint density at radius 3 is 2.82 bits per heavy atom. The number of aryl methyl sites for hydroxylation is 1. The highest BCUT2D eigenvalue weighted by molar-refractivity contribution is 7.13. The third-order valence-electron chi connectivity index (χ3n) is 6.18. The van der Waals surface area contributed by atoms with Gasteiger partial charge in [-0.25, -0.2) is 0 Å². The number of anilines is 2. The van der Waals surface area contributed by atoms with Crippen molar-refractivity contribution in [1.82, 2.24) is 19.9 Å². The lowest BCUT2D eigenvalue weighted by Gasteiger charge is -2.28. The molecule has 0 fully saturated rings. The first-order valence-corrected chi connectivity index (χ1v) is 12.4.